The Labute approximate surface area is 91.6 Å². The van der Waals surface area contributed by atoms with Gasteiger partial charge in [0.25, 0.3) is 0 Å². The van der Waals surface area contributed by atoms with E-state index >= 15 is 0 Å². The van der Waals surface area contributed by atoms with Crippen molar-refractivity contribution in [3.8, 4) is 0 Å². The van der Waals surface area contributed by atoms with Crippen molar-refractivity contribution in [2.45, 2.75) is 11.8 Å². The maximum atomic E-state index is 12.4. The summed E-state index contributed by atoms with van der Waals surface area (Å²) in [7, 11) is 0. The standard InChI is InChI=1S/C7H6BrF2N3O2/c8-2-3-1-4(11)7(13(14)15)12-5(3)6(9)10/h1,6H,2,11H2. The van der Waals surface area contributed by atoms with Gasteiger partial charge < -0.3 is 15.8 Å². The zero-order valence-corrected chi connectivity index (χ0v) is 8.87. The predicted octanol–water partition coefficient (Wildman–Crippen LogP) is 2.40. The molecule has 1 aromatic heterocycles. The van der Waals surface area contributed by atoms with Gasteiger partial charge in [0.15, 0.2) is 0 Å². The number of rotatable bonds is 3. The number of nitrogens with zero attached hydrogens (tertiary/aromatic N) is 2. The van der Waals surface area contributed by atoms with E-state index in [4.69, 9.17) is 5.73 Å². The lowest BCUT2D eigenvalue weighted by atomic mass is 10.2. The number of nitrogens with two attached hydrogens (primary N) is 1. The number of pyridine rings is 1. The summed E-state index contributed by atoms with van der Waals surface area (Å²) in [4.78, 5) is 12.8. The van der Waals surface area contributed by atoms with E-state index < -0.39 is 22.9 Å². The number of hydrogen-bond donors (Lipinski definition) is 1. The van der Waals surface area contributed by atoms with Crippen LogP contribution in [0.25, 0.3) is 0 Å². The van der Waals surface area contributed by atoms with E-state index in [9.17, 15) is 18.9 Å². The van der Waals surface area contributed by atoms with Crippen LogP contribution in [0.1, 0.15) is 17.7 Å². The zero-order chi connectivity index (χ0) is 11.6. The first-order chi connectivity index (χ1) is 6.97. The molecule has 8 heteroatoms. The molecule has 15 heavy (non-hydrogen) atoms. The highest BCUT2D eigenvalue weighted by Crippen LogP contribution is 2.29. The van der Waals surface area contributed by atoms with Crippen molar-refractivity contribution >= 4 is 27.4 Å². The number of hydrogen-bond acceptors (Lipinski definition) is 4. The lowest BCUT2D eigenvalue weighted by Crippen LogP contribution is -2.05. The fourth-order valence-electron chi connectivity index (χ4n) is 1.02. The van der Waals surface area contributed by atoms with Gasteiger partial charge >= 0.3 is 12.2 Å². The molecule has 0 radical (unpaired) electrons. The van der Waals surface area contributed by atoms with Crippen LogP contribution in [0.15, 0.2) is 6.07 Å². The van der Waals surface area contributed by atoms with Crippen LogP contribution in [0, 0.1) is 10.1 Å². The van der Waals surface area contributed by atoms with Gasteiger partial charge in [0.1, 0.15) is 5.69 Å². The third-order valence-electron chi connectivity index (χ3n) is 1.67. The van der Waals surface area contributed by atoms with Crippen LogP contribution < -0.4 is 5.73 Å². The first kappa shape index (κ1) is 11.8. The summed E-state index contributed by atoms with van der Waals surface area (Å²) in [5.74, 6) is -0.741. The van der Waals surface area contributed by atoms with Crippen molar-refractivity contribution in [3.63, 3.8) is 0 Å². The number of aromatic nitrogens is 1. The van der Waals surface area contributed by atoms with Gasteiger partial charge in [0.2, 0.25) is 5.69 Å². The molecule has 0 fully saturated rings. The van der Waals surface area contributed by atoms with Gasteiger partial charge in [-0.15, -0.1) is 0 Å². The van der Waals surface area contributed by atoms with Gasteiger partial charge in [-0.25, -0.2) is 8.78 Å². The molecular weight excluding hydrogens is 276 g/mol. The van der Waals surface area contributed by atoms with E-state index in [1.165, 1.54) is 0 Å². The molecule has 0 spiro atoms. The molecule has 0 amide bonds. The number of halogens is 3. The van der Waals surface area contributed by atoms with Gasteiger partial charge in [0.05, 0.1) is 0 Å². The number of anilines is 1. The summed E-state index contributed by atoms with van der Waals surface area (Å²) in [6, 6.07) is 1.13. The van der Waals surface area contributed by atoms with Crippen LogP contribution in [0.3, 0.4) is 0 Å². The average molecular weight is 282 g/mol. The number of nitro groups is 1. The van der Waals surface area contributed by atoms with Crippen molar-refractivity contribution in [1.29, 1.82) is 0 Å². The molecule has 0 saturated carbocycles. The van der Waals surface area contributed by atoms with E-state index in [2.05, 4.69) is 20.9 Å². The van der Waals surface area contributed by atoms with Gasteiger partial charge in [0, 0.05) is 10.9 Å². The van der Waals surface area contributed by atoms with E-state index in [1.54, 1.807) is 0 Å². The molecule has 0 saturated heterocycles. The molecular formula is C7H6BrF2N3O2. The summed E-state index contributed by atoms with van der Waals surface area (Å²) in [5, 5.41) is 10.5. The van der Waals surface area contributed by atoms with Crippen LogP contribution in [0.4, 0.5) is 20.3 Å². The zero-order valence-electron chi connectivity index (χ0n) is 7.28. The predicted molar refractivity (Wildman–Crippen MR) is 52.9 cm³/mol. The summed E-state index contributed by atoms with van der Waals surface area (Å²) in [5.41, 5.74) is 4.60. The van der Waals surface area contributed by atoms with Gasteiger partial charge in [-0.1, -0.05) is 15.9 Å². The molecule has 1 heterocycles. The van der Waals surface area contributed by atoms with Crippen LogP contribution >= 0.6 is 15.9 Å². The summed E-state index contributed by atoms with van der Waals surface area (Å²) in [6.07, 6.45) is -2.86. The highest BCUT2D eigenvalue weighted by molar-refractivity contribution is 9.08. The second-order valence-corrected chi connectivity index (χ2v) is 3.20. The Bertz CT molecular complexity index is 400. The summed E-state index contributed by atoms with van der Waals surface area (Å²) in [6.45, 7) is 0. The van der Waals surface area contributed by atoms with Crippen LogP contribution in [-0.2, 0) is 5.33 Å². The first-order valence-electron chi connectivity index (χ1n) is 3.75. The minimum Gasteiger partial charge on any atom is -0.392 e. The normalized spacial score (nSPS) is 10.7. The second kappa shape index (κ2) is 4.47. The van der Waals surface area contributed by atoms with E-state index in [0.29, 0.717) is 0 Å². The fraction of sp³-hybridized carbons (Fsp3) is 0.286. The monoisotopic (exact) mass is 281 g/mol. The molecule has 0 aliphatic heterocycles. The van der Waals surface area contributed by atoms with Crippen molar-refractivity contribution in [1.82, 2.24) is 4.98 Å². The quantitative estimate of drug-likeness (QED) is 0.524. The second-order valence-electron chi connectivity index (χ2n) is 2.64. The maximum absolute atomic E-state index is 12.4. The maximum Gasteiger partial charge on any atom is 0.387 e. The highest BCUT2D eigenvalue weighted by atomic mass is 79.9. The van der Waals surface area contributed by atoms with E-state index in [-0.39, 0.29) is 16.6 Å². The lowest BCUT2D eigenvalue weighted by molar-refractivity contribution is -0.388. The Balaban J connectivity index is 3.37. The summed E-state index contributed by atoms with van der Waals surface area (Å²) >= 11 is 2.97. The van der Waals surface area contributed by atoms with Gasteiger partial charge in [-0.3, -0.25) is 0 Å². The fourth-order valence-corrected chi connectivity index (χ4v) is 1.47. The van der Waals surface area contributed by atoms with E-state index in [1.807, 2.05) is 0 Å². The minimum atomic E-state index is -2.86. The van der Waals surface area contributed by atoms with Gasteiger partial charge in [-0.2, -0.15) is 0 Å². The van der Waals surface area contributed by atoms with Crippen LogP contribution in [0.2, 0.25) is 0 Å². The Morgan fingerprint density at radius 3 is 2.67 bits per heavy atom. The van der Waals surface area contributed by atoms with Crippen LogP contribution in [0.5, 0.6) is 0 Å². The molecule has 2 N–H and O–H groups in total. The van der Waals surface area contributed by atoms with Crippen molar-refractivity contribution < 1.29 is 13.7 Å². The molecule has 0 unspecified atom stereocenters. The molecule has 5 nitrogen and oxygen atoms in total. The number of nitrogen functional groups attached to an aromatic ring is 1. The topological polar surface area (TPSA) is 82.0 Å². The molecule has 82 valence electrons. The van der Waals surface area contributed by atoms with E-state index in [0.717, 1.165) is 6.07 Å². The molecule has 0 atom stereocenters. The Hall–Kier alpha value is -1.31. The van der Waals surface area contributed by atoms with Crippen LogP contribution in [-0.4, -0.2) is 9.91 Å². The largest absolute Gasteiger partial charge is 0.392 e. The third kappa shape index (κ3) is 2.38. The third-order valence-corrected chi connectivity index (χ3v) is 2.27. The minimum absolute atomic E-state index is 0.113. The van der Waals surface area contributed by atoms with Crippen molar-refractivity contribution in [3.05, 3.63) is 27.4 Å². The highest BCUT2D eigenvalue weighted by Gasteiger charge is 2.25. The molecule has 0 bridgehead atoms. The molecule has 1 aromatic rings. The van der Waals surface area contributed by atoms with Gasteiger partial charge in [-0.05, 0) is 16.0 Å². The number of alkyl halides is 3. The molecule has 0 aromatic carbocycles. The molecule has 0 aliphatic rings. The molecule has 1 rings (SSSR count). The molecule has 0 aliphatic carbocycles. The lowest BCUT2D eigenvalue weighted by Gasteiger charge is -2.03. The SMILES string of the molecule is Nc1cc(CBr)c(C(F)F)nc1[N+](=O)[O-]. The average Bonchev–Trinajstić information content (AvgIpc) is 2.16. The van der Waals surface area contributed by atoms with Crippen molar-refractivity contribution in [2.75, 3.05) is 5.73 Å². The first-order valence-corrected chi connectivity index (χ1v) is 4.87. The Kier molecular flexibility index (Phi) is 3.51. The summed E-state index contributed by atoms with van der Waals surface area (Å²) < 4.78 is 24.9. The smallest absolute Gasteiger partial charge is 0.387 e. The Morgan fingerprint density at radius 1 is 1.67 bits per heavy atom. The van der Waals surface area contributed by atoms with Crippen molar-refractivity contribution in [2.24, 2.45) is 0 Å². The Morgan fingerprint density at radius 2 is 2.27 bits per heavy atom.